The largest absolute Gasteiger partial charge is 0.326 e. The maximum Gasteiger partial charge on any atom is 0.326 e. The Morgan fingerprint density at radius 1 is 1.00 bits per heavy atom. The van der Waals surface area contributed by atoms with Gasteiger partial charge in [0.2, 0.25) is 5.91 Å². The zero-order valence-electron chi connectivity index (χ0n) is 23.4. The SMILES string of the molecule is C=CC(=O)Nc1ccc2[nH]c(=O)n(C3CCN(Cc4ccc(-c5nc(C)c(=O)[nH]c5-c5ccccc5)cc4)CC3)c2c1. The van der Waals surface area contributed by atoms with E-state index in [2.05, 4.69) is 56.0 Å². The number of carbonyl (C=O) groups is 1. The number of likely N-dealkylation sites (tertiary alicyclic amines) is 1. The molecule has 9 heteroatoms. The van der Waals surface area contributed by atoms with Crippen LogP contribution in [-0.4, -0.2) is 43.4 Å². The van der Waals surface area contributed by atoms with Gasteiger partial charge < -0.3 is 15.3 Å². The molecule has 0 spiro atoms. The smallest absolute Gasteiger partial charge is 0.322 e. The molecule has 1 aliphatic rings. The summed E-state index contributed by atoms with van der Waals surface area (Å²) in [4.78, 5) is 50.0. The molecule has 2 aromatic heterocycles. The molecule has 0 saturated carbocycles. The zero-order valence-corrected chi connectivity index (χ0v) is 23.4. The van der Waals surface area contributed by atoms with Gasteiger partial charge in [0.15, 0.2) is 0 Å². The van der Waals surface area contributed by atoms with Crippen LogP contribution in [0.1, 0.15) is 30.1 Å². The van der Waals surface area contributed by atoms with Crippen molar-refractivity contribution < 1.29 is 4.79 Å². The van der Waals surface area contributed by atoms with Gasteiger partial charge in [-0.3, -0.25) is 19.1 Å². The maximum atomic E-state index is 12.9. The number of benzene rings is 3. The Labute approximate surface area is 242 Å². The van der Waals surface area contributed by atoms with Crippen LogP contribution in [0.2, 0.25) is 0 Å². The van der Waals surface area contributed by atoms with Gasteiger partial charge in [0, 0.05) is 42.5 Å². The van der Waals surface area contributed by atoms with E-state index in [1.54, 1.807) is 13.0 Å². The molecule has 0 aliphatic carbocycles. The predicted octanol–water partition coefficient (Wildman–Crippen LogP) is 5.02. The highest BCUT2D eigenvalue weighted by Crippen LogP contribution is 2.30. The minimum Gasteiger partial charge on any atom is -0.322 e. The molecular formula is C33H32N6O3. The summed E-state index contributed by atoms with van der Waals surface area (Å²) in [6.07, 6.45) is 2.91. The van der Waals surface area contributed by atoms with Gasteiger partial charge in [-0.15, -0.1) is 0 Å². The summed E-state index contributed by atoms with van der Waals surface area (Å²) in [5.74, 6) is -0.290. The highest BCUT2D eigenvalue weighted by Gasteiger charge is 2.24. The van der Waals surface area contributed by atoms with Gasteiger partial charge in [-0.25, -0.2) is 9.78 Å². The summed E-state index contributed by atoms with van der Waals surface area (Å²) < 4.78 is 1.83. The third-order valence-electron chi connectivity index (χ3n) is 7.87. The van der Waals surface area contributed by atoms with Gasteiger partial charge in [-0.2, -0.15) is 0 Å². The number of carbonyl (C=O) groups excluding carboxylic acids is 1. The van der Waals surface area contributed by atoms with Crippen molar-refractivity contribution in [3.05, 3.63) is 118 Å². The number of aryl methyl sites for hydroxylation is 1. The molecule has 9 nitrogen and oxygen atoms in total. The zero-order chi connectivity index (χ0) is 29.2. The van der Waals surface area contributed by atoms with Gasteiger partial charge in [0.1, 0.15) is 5.69 Å². The fraction of sp³-hybridized carbons (Fsp3) is 0.212. The molecule has 3 heterocycles. The van der Waals surface area contributed by atoms with Crippen molar-refractivity contribution in [2.24, 2.45) is 0 Å². The van der Waals surface area contributed by atoms with Gasteiger partial charge in [0.25, 0.3) is 5.56 Å². The number of aromatic amines is 2. The number of hydrogen-bond acceptors (Lipinski definition) is 5. The number of imidazole rings is 1. The fourth-order valence-corrected chi connectivity index (χ4v) is 5.68. The number of rotatable bonds is 7. The first-order valence-corrected chi connectivity index (χ1v) is 14.1. The number of hydrogen-bond donors (Lipinski definition) is 3. The second-order valence-corrected chi connectivity index (χ2v) is 10.7. The summed E-state index contributed by atoms with van der Waals surface area (Å²) in [5.41, 5.74) is 6.79. The van der Waals surface area contributed by atoms with Crippen LogP contribution in [0.15, 0.2) is 95.0 Å². The molecule has 6 rings (SSSR count). The van der Waals surface area contributed by atoms with E-state index in [4.69, 9.17) is 0 Å². The number of nitrogens with one attached hydrogen (secondary N) is 3. The summed E-state index contributed by atoms with van der Waals surface area (Å²) in [6.45, 7) is 7.74. The molecular weight excluding hydrogens is 528 g/mol. The summed E-state index contributed by atoms with van der Waals surface area (Å²) >= 11 is 0. The van der Waals surface area contributed by atoms with Crippen molar-refractivity contribution in [2.45, 2.75) is 32.4 Å². The minimum absolute atomic E-state index is 0.0705. The van der Waals surface area contributed by atoms with E-state index in [1.165, 1.54) is 11.6 Å². The third-order valence-corrected chi connectivity index (χ3v) is 7.87. The van der Waals surface area contributed by atoms with Crippen molar-refractivity contribution >= 4 is 22.6 Å². The average molecular weight is 561 g/mol. The minimum atomic E-state index is -0.290. The summed E-state index contributed by atoms with van der Waals surface area (Å²) in [7, 11) is 0. The molecule has 1 amide bonds. The molecule has 1 fully saturated rings. The van der Waals surface area contributed by atoms with E-state index in [1.807, 2.05) is 47.0 Å². The number of piperidine rings is 1. The highest BCUT2D eigenvalue weighted by atomic mass is 16.2. The molecule has 1 aliphatic heterocycles. The second-order valence-electron chi connectivity index (χ2n) is 10.7. The average Bonchev–Trinajstić information content (AvgIpc) is 3.34. The van der Waals surface area contributed by atoms with Crippen molar-refractivity contribution in [1.82, 2.24) is 24.4 Å². The van der Waals surface area contributed by atoms with Crippen LogP contribution < -0.4 is 16.6 Å². The fourth-order valence-electron chi connectivity index (χ4n) is 5.68. The molecule has 0 atom stereocenters. The number of nitrogens with zero attached hydrogens (tertiary/aromatic N) is 3. The Hall–Kier alpha value is -5.02. The van der Waals surface area contributed by atoms with Crippen molar-refractivity contribution in [3.63, 3.8) is 0 Å². The number of aromatic nitrogens is 4. The second kappa shape index (κ2) is 11.5. The molecule has 3 aromatic carbocycles. The van der Waals surface area contributed by atoms with E-state index >= 15 is 0 Å². The summed E-state index contributed by atoms with van der Waals surface area (Å²) in [6, 6.07) is 23.6. The third kappa shape index (κ3) is 5.46. The van der Waals surface area contributed by atoms with Gasteiger partial charge in [-0.1, -0.05) is 61.2 Å². The van der Waals surface area contributed by atoms with Gasteiger partial charge in [0.05, 0.1) is 22.4 Å². The Morgan fingerprint density at radius 3 is 2.45 bits per heavy atom. The monoisotopic (exact) mass is 560 g/mol. The van der Waals surface area contributed by atoms with E-state index in [-0.39, 0.29) is 23.2 Å². The Balaban J connectivity index is 1.15. The number of amides is 1. The topological polar surface area (TPSA) is 116 Å². The maximum absolute atomic E-state index is 12.9. The van der Waals surface area contributed by atoms with Gasteiger partial charge in [-0.05, 0) is 49.6 Å². The van der Waals surface area contributed by atoms with Crippen LogP contribution in [0.5, 0.6) is 0 Å². The molecule has 0 radical (unpaired) electrons. The number of fused-ring (bicyclic) bond motifs is 1. The molecule has 1 saturated heterocycles. The van der Waals surface area contributed by atoms with Crippen molar-refractivity contribution in [1.29, 1.82) is 0 Å². The van der Waals surface area contributed by atoms with Crippen LogP contribution >= 0.6 is 0 Å². The molecule has 42 heavy (non-hydrogen) atoms. The lowest BCUT2D eigenvalue weighted by atomic mass is 10.0. The molecule has 5 aromatic rings. The molecule has 0 bridgehead atoms. The lowest BCUT2D eigenvalue weighted by Gasteiger charge is -2.32. The normalized spacial score (nSPS) is 14.2. The van der Waals surface area contributed by atoms with Gasteiger partial charge >= 0.3 is 5.69 Å². The first-order valence-electron chi connectivity index (χ1n) is 14.1. The summed E-state index contributed by atoms with van der Waals surface area (Å²) in [5, 5.41) is 2.77. The lowest BCUT2D eigenvalue weighted by molar-refractivity contribution is -0.111. The van der Waals surface area contributed by atoms with Crippen LogP contribution in [0.3, 0.4) is 0 Å². The molecule has 3 N–H and O–H groups in total. The Kier molecular flexibility index (Phi) is 7.41. The number of anilines is 1. The first-order chi connectivity index (χ1) is 20.4. The van der Waals surface area contributed by atoms with Crippen LogP contribution in [-0.2, 0) is 11.3 Å². The van der Waals surface area contributed by atoms with Crippen LogP contribution in [0.25, 0.3) is 33.5 Å². The predicted molar refractivity (Wildman–Crippen MR) is 165 cm³/mol. The van der Waals surface area contributed by atoms with E-state index in [9.17, 15) is 14.4 Å². The van der Waals surface area contributed by atoms with Crippen molar-refractivity contribution in [3.8, 4) is 22.5 Å². The van der Waals surface area contributed by atoms with E-state index in [0.29, 0.717) is 17.1 Å². The molecule has 0 unspecified atom stereocenters. The van der Waals surface area contributed by atoms with Crippen LogP contribution in [0.4, 0.5) is 5.69 Å². The Bertz CT molecular complexity index is 1880. The van der Waals surface area contributed by atoms with E-state index < -0.39 is 0 Å². The highest BCUT2D eigenvalue weighted by molar-refractivity contribution is 6.00. The Morgan fingerprint density at radius 2 is 1.74 bits per heavy atom. The quantitative estimate of drug-likeness (QED) is 0.242. The van der Waals surface area contributed by atoms with Crippen LogP contribution in [0, 0.1) is 6.92 Å². The molecule has 212 valence electrons. The van der Waals surface area contributed by atoms with Crippen molar-refractivity contribution in [2.75, 3.05) is 18.4 Å². The lowest BCUT2D eigenvalue weighted by Crippen LogP contribution is -2.36. The number of H-pyrrole nitrogens is 2. The van der Waals surface area contributed by atoms with E-state index in [0.717, 1.165) is 60.3 Å². The first kappa shape index (κ1) is 27.2. The standard InChI is InChI=1S/C33H32N6O3/c1-3-29(40)35-25-13-14-27-28(19-25)39(33(42)36-27)26-15-17-38(18-16-26)20-22-9-11-24(12-10-22)30-31(23-7-5-4-6-8-23)37-32(41)21(2)34-30/h3-14,19,26H,1,15-18,20H2,2H3,(H,35,40)(H,36,42)(H,37,41).